The van der Waals surface area contributed by atoms with Crippen molar-refractivity contribution in [3.8, 4) is 0 Å². The molecule has 0 aliphatic rings. The Hall–Kier alpha value is -0.460. The van der Waals surface area contributed by atoms with E-state index in [9.17, 15) is 26.3 Å². The van der Waals surface area contributed by atoms with Crippen molar-refractivity contribution in [2.75, 3.05) is 6.61 Å². The summed E-state index contributed by atoms with van der Waals surface area (Å²) >= 11 is 0. The van der Waals surface area contributed by atoms with Gasteiger partial charge in [0.25, 0.3) is 0 Å². The average molecular weight is 224 g/mol. The highest BCUT2D eigenvalue weighted by molar-refractivity contribution is 4.90. The van der Waals surface area contributed by atoms with E-state index in [-0.39, 0.29) is 0 Å². The Balaban J connectivity index is 4.92. The molecule has 0 fully saturated rings. The van der Waals surface area contributed by atoms with Gasteiger partial charge >= 0.3 is 18.0 Å². The first-order valence-corrected chi connectivity index (χ1v) is 3.89. The molecule has 0 saturated heterocycles. The van der Waals surface area contributed by atoms with Crippen LogP contribution in [0.4, 0.5) is 26.3 Å². The van der Waals surface area contributed by atoms with E-state index >= 15 is 0 Å². The molecule has 0 amide bonds. The van der Waals surface area contributed by atoms with Gasteiger partial charge in [-0.15, -0.1) is 0 Å². The maximum absolute atomic E-state index is 12.5. The normalized spacial score (nSPS) is 14.6. The van der Waals surface area contributed by atoms with Gasteiger partial charge < -0.3 is 4.74 Å². The lowest BCUT2D eigenvalue weighted by Crippen LogP contribution is -2.55. The first-order chi connectivity index (χ1) is 6.12. The predicted octanol–water partition coefficient (Wildman–Crippen LogP) is 3.30. The smallest absolute Gasteiger partial charge is 0.316 e. The minimum absolute atomic E-state index is 0.690. The van der Waals surface area contributed by atoms with Gasteiger partial charge in [-0.1, -0.05) is 6.92 Å². The third-order valence-electron chi connectivity index (χ3n) is 1.59. The topological polar surface area (TPSA) is 9.23 Å². The van der Waals surface area contributed by atoms with Crippen molar-refractivity contribution in [1.29, 1.82) is 0 Å². The minimum atomic E-state index is -5.50. The Morgan fingerprint density at radius 1 is 0.929 bits per heavy atom. The predicted molar refractivity (Wildman–Crippen MR) is 36.8 cm³/mol. The Morgan fingerprint density at radius 3 is 1.64 bits per heavy atom. The Morgan fingerprint density at radius 2 is 1.36 bits per heavy atom. The fourth-order valence-electron chi connectivity index (χ4n) is 0.707. The van der Waals surface area contributed by atoms with Crippen molar-refractivity contribution in [2.45, 2.75) is 38.2 Å². The van der Waals surface area contributed by atoms with E-state index in [2.05, 4.69) is 4.74 Å². The maximum Gasteiger partial charge on any atom is 0.425 e. The van der Waals surface area contributed by atoms with Gasteiger partial charge in [0.15, 0.2) is 0 Å². The summed E-state index contributed by atoms with van der Waals surface area (Å²) < 4.78 is 78.1. The molecule has 0 spiro atoms. The fourth-order valence-corrected chi connectivity index (χ4v) is 0.707. The lowest BCUT2D eigenvalue weighted by atomic mass is 10.1. The van der Waals surface area contributed by atoms with E-state index in [1.165, 1.54) is 0 Å². The number of ether oxygens (including phenoxy) is 1. The Kier molecular flexibility index (Phi) is 3.83. The van der Waals surface area contributed by atoms with Crippen molar-refractivity contribution < 1.29 is 31.1 Å². The molecule has 0 aromatic heterocycles. The summed E-state index contributed by atoms with van der Waals surface area (Å²) in [5.74, 6) is -10.3. The summed E-state index contributed by atoms with van der Waals surface area (Å²) in [4.78, 5) is 0. The third kappa shape index (κ3) is 2.13. The van der Waals surface area contributed by atoms with Crippen LogP contribution in [-0.2, 0) is 4.74 Å². The molecule has 86 valence electrons. The standard InChI is InChI=1S/C7H10F6O/c1-3-5(8,9)6(10,11)7(12,13)14-4-2/h3-4H2,1-2H3. The average Bonchev–Trinajstić information content (AvgIpc) is 2.03. The fraction of sp³-hybridized carbons (Fsp3) is 1.00. The third-order valence-corrected chi connectivity index (χ3v) is 1.59. The van der Waals surface area contributed by atoms with Crippen LogP contribution in [0.2, 0.25) is 0 Å². The molecule has 14 heavy (non-hydrogen) atoms. The highest BCUT2D eigenvalue weighted by atomic mass is 19.3. The second-order valence-electron chi connectivity index (χ2n) is 2.58. The molecule has 7 heteroatoms. The molecule has 0 N–H and O–H groups in total. The molecule has 0 heterocycles. The van der Waals surface area contributed by atoms with Crippen LogP contribution < -0.4 is 0 Å². The Labute approximate surface area is 77.0 Å². The molecular weight excluding hydrogens is 214 g/mol. The van der Waals surface area contributed by atoms with E-state index < -0.39 is 31.0 Å². The molecule has 0 aromatic carbocycles. The number of hydrogen-bond acceptors (Lipinski definition) is 1. The highest BCUT2D eigenvalue weighted by Crippen LogP contribution is 2.47. The molecule has 0 aromatic rings. The molecule has 0 aliphatic carbocycles. The van der Waals surface area contributed by atoms with Gasteiger partial charge in [-0.05, 0) is 6.92 Å². The summed E-state index contributed by atoms with van der Waals surface area (Å²) in [6.07, 6.45) is -6.54. The van der Waals surface area contributed by atoms with Gasteiger partial charge in [-0.2, -0.15) is 26.3 Å². The SMILES string of the molecule is CCOC(F)(F)C(F)(F)C(F)(F)CC. The zero-order valence-corrected chi connectivity index (χ0v) is 7.59. The van der Waals surface area contributed by atoms with E-state index in [4.69, 9.17) is 0 Å². The van der Waals surface area contributed by atoms with E-state index in [0.717, 1.165) is 6.92 Å². The zero-order chi connectivity index (χ0) is 11.6. The van der Waals surface area contributed by atoms with Crippen LogP contribution in [0.5, 0.6) is 0 Å². The molecule has 1 nitrogen and oxygen atoms in total. The maximum atomic E-state index is 12.5. The van der Waals surface area contributed by atoms with Gasteiger partial charge in [0.1, 0.15) is 0 Å². The number of hydrogen-bond donors (Lipinski definition) is 0. The van der Waals surface area contributed by atoms with E-state index in [1.54, 1.807) is 0 Å². The largest absolute Gasteiger partial charge is 0.425 e. The minimum Gasteiger partial charge on any atom is -0.316 e. The second kappa shape index (κ2) is 3.96. The van der Waals surface area contributed by atoms with Crippen LogP contribution in [0.25, 0.3) is 0 Å². The van der Waals surface area contributed by atoms with Crippen LogP contribution in [0.1, 0.15) is 20.3 Å². The molecule has 0 saturated carbocycles. The van der Waals surface area contributed by atoms with Gasteiger partial charge in [0.2, 0.25) is 0 Å². The molecule has 0 aliphatic heterocycles. The number of alkyl halides is 6. The van der Waals surface area contributed by atoms with Crippen LogP contribution >= 0.6 is 0 Å². The summed E-state index contributed by atoms with van der Waals surface area (Å²) in [5, 5.41) is 0. The summed E-state index contributed by atoms with van der Waals surface area (Å²) in [7, 11) is 0. The summed E-state index contributed by atoms with van der Waals surface area (Å²) in [6, 6.07) is 0. The summed E-state index contributed by atoms with van der Waals surface area (Å²) in [5.41, 5.74) is 0. The quantitative estimate of drug-likeness (QED) is 0.651. The van der Waals surface area contributed by atoms with Gasteiger partial charge in [0.05, 0.1) is 6.61 Å². The lowest BCUT2D eigenvalue weighted by Gasteiger charge is -2.31. The van der Waals surface area contributed by atoms with Crippen molar-refractivity contribution in [3.63, 3.8) is 0 Å². The monoisotopic (exact) mass is 224 g/mol. The van der Waals surface area contributed by atoms with Crippen LogP contribution in [0.15, 0.2) is 0 Å². The van der Waals surface area contributed by atoms with Crippen molar-refractivity contribution in [2.24, 2.45) is 0 Å². The molecule has 0 unspecified atom stereocenters. The van der Waals surface area contributed by atoms with Crippen molar-refractivity contribution in [3.05, 3.63) is 0 Å². The van der Waals surface area contributed by atoms with Gasteiger partial charge in [0, 0.05) is 6.42 Å². The zero-order valence-electron chi connectivity index (χ0n) is 7.59. The lowest BCUT2D eigenvalue weighted by molar-refractivity contribution is -0.397. The Bertz CT molecular complexity index is 191. The highest BCUT2D eigenvalue weighted by Gasteiger charge is 2.71. The van der Waals surface area contributed by atoms with Crippen molar-refractivity contribution in [1.82, 2.24) is 0 Å². The van der Waals surface area contributed by atoms with Gasteiger partial charge in [-0.25, -0.2) is 0 Å². The number of rotatable bonds is 5. The van der Waals surface area contributed by atoms with E-state index in [0.29, 0.717) is 6.92 Å². The van der Waals surface area contributed by atoms with Crippen LogP contribution in [0, 0.1) is 0 Å². The van der Waals surface area contributed by atoms with E-state index in [1.807, 2.05) is 0 Å². The van der Waals surface area contributed by atoms with Crippen molar-refractivity contribution >= 4 is 0 Å². The van der Waals surface area contributed by atoms with Gasteiger partial charge in [-0.3, -0.25) is 0 Å². The first-order valence-electron chi connectivity index (χ1n) is 3.89. The molecular formula is C7H10F6O. The molecule has 0 radical (unpaired) electrons. The second-order valence-corrected chi connectivity index (χ2v) is 2.58. The summed E-state index contributed by atoms with van der Waals surface area (Å²) in [6.45, 7) is 0.923. The van der Waals surface area contributed by atoms with Crippen LogP contribution in [-0.4, -0.2) is 24.6 Å². The molecule has 0 bridgehead atoms. The van der Waals surface area contributed by atoms with Crippen LogP contribution in [0.3, 0.4) is 0 Å². The first kappa shape index (κ1) is 13.5. The number of halogens is 6. The molecule has 0 rings (SSSR count). The molecule has 0 atom stereocenters.